The van der Waals surface area contributed by atoms with Crippen molar-refractivity contribution < 1.29 is 21.9 Å². The van der Waals surface area contributed by atoms with Gasteiger partial charge in [0.25, 0.3) is 0 Å². The van der Waals surface area contributed by atoms with Crippen molar-refractivity contribution in [2.45, 2.75) is 25.1 Å². The van der Waals surface area contributed by atoms with Crippen LogP contribution in [0.4, 0.5) is 14.5 Å². The van der Waals surface area contributed by atoms with Gasteiger partial charge in [0, 0.05) is 25.7 Å². The number of piperazine rings is 1. The molecule has 29 heavy (non-hydrogen) atoms. The molecule has 0 saturated carbocycles. The van der Waals surface area contributed by atoms with Gasteiger partial charge in [0.15, 0.2) is 0 Å². The maximum absolute atomic E-state index is 13.5. The van der Waals surface area contributed by atoms with Gasteiger partial charge in [-0.2, -0.15) is 14.1 Å². The molecule has 1 aromatic heterocycles. The van der Waals surface area contributed by atoms with Crippen LogP contribution in [0.2, 0.25) is 0 Å². The van der Waals surface area contributed by atoms with Crippen molar-refractivity contribution in [3.63, 3.8) is 0 Å². The van der Waals surface area contributed by atoms with Crippen LogP contribution in [0.5, 0.6) is 5.75 Å². The zero-order chi connectivity index (χ0) is 20.9. The number of aromatic nitrogens is 2. The van der Waals surface area contributed by atoms with E-state index in [-0.39, 0.29) is 37.2 Å². The maximum atomic E-state index is 13.5. The quantitative estimate of drug-likeness (QED) is 0.732. The van der Waals surface area contributed by atoms with Crippen LogP contribution in [0.1, 0.15) is 13.8 Å². The first-order valence-corrected chi connectivity index (χ1v) is 10.7. The van der Waals surface area contributed by atoms with Crippen molar-refractivity contribution in [2.24, 2.45) is 0 Å². The summed E-state index contributed by atoms with van der Waals surface area (Å²) in [5, 5.41) is 3.53. The highest BCUT2D eigenvalue weighted by Gasteiger charge is 2.39. The molecule has 11 heteroatoms. The highest BCUT2D eigenvalue weighted by molar-refractivity contribution is 7.89. The van der Waals surface area contributed by atoms with Crippen molar-refractivity contribution in [3.8, 4) is 11.4 Å². The normalized spacial score (nSPS) is 19.6. The predicted molar refractivity (Wildman–Crippen MR) is 102 cm³/mol. The van der Waals surface area contributed by atoms with Gasteiger partial charge in [-0.3, -0.25) is 4.79 Å². The molecule has 1 saturated heterocycles. The average Bonchev–Trinajstić information content (AvgIpc) is 2.66. The summed E-state index contributed by atoms with van der Waals surface area (Å²) in [4.78, 5) is 14.7. The summed E-state index contributed by atoms with van der Waals surface area (Å²) < 4.78 is 59.9. The minimum absolute atomic E-state index is 0.0288. The third-order valence-corrected chi connectivity index (χ3v) is 7.38. The van der Waals surface area contributed by atoms with E-state index < -0.39 is 32.5 Å². The van der Waals surface area contributed by atoms with Gasteiger partial charge in [-0.15, -0.1) is 0 Å². The summed E-state index contributed by atoms with van der Waals surface area (Å²) in [5.74, 6) is -1.62. The van der Waals surface area contributed by atoms with E-state index in [2.05, 4.69) is 5.10 Å². The minimum atomic E-state index is -3.39. The molecule has 2 aliphatic rings. The highest BCUT2D eigenvalue weighted by atomic mass is 32.2. The van der Waals surface area contributed by atoms with Crippen LogP contribution in [-0.2, 0) is 10.0 Å². The van der Waals surface area contributed by atoms with Gasteiger partial charge in [0.05, 0.1) is 23.2 Å². The van der Waals surface area contributed by atoms with Crippen molar-refractivity contribution in [1.29, 1.82) is 0 Å². The average molecular weight is 426 g/mol. The zero-order valence-electron chi connectivity index (χ0n) is 15.9. The summed E-state index contributed by atoms with van der Waals surface area (Å²) in [5.41, 5.74) is -0.238. The van der Waals surface area contributed by atoms with Crippen LogP contribution in [0.25, 0.3) is 5.69 Å². The fourth-order valence-electron chi connectivity index (χ4n) is 3.61. The molecule has 1 unspecified atom stereocenters. The Morgan fingerprint density at radius 3 is 2.52 bits per heavy atom. The summed E-state index contributed by atoms with van der Waals surface area (Å²) >= 11 is 0. The van der Waals surface area contributed by atoms with Crippen LogP contribution in [0, 0.1) is 11.6 Å². The van der Waals surface area contributed by atoms with E-state index >= 15 is 0 Å². The lowest BCUT2D eigenvalue weighted by Crippen LogP contribution is -2.59. The summed E-state index contributed by atoms with van der Waals surface area (Å²) in [6, 6.07) is 2.46. The monoisotopic (exact) mass is 426 g/mol. The van der Waals surface area contributed by atoms with Gasteiger partial charge in [0.1, 0.15) is 23.9 Å². The Kier molecular flexibility index (Phi) is 4.82. The van der Waals surface area contributed by atoms with Crippen molar-refractivity contribution in [1.82, 2.24) is 14.1 Å². The van der Waals surface area contributed by atoms with Crippen LogP contribution in [0.3, 0.4) is 0 Å². The van der Waals surface area contributed by atoms with E-state index in [9.17, 15) is 22.0 Å². The number of halogens is 2. The molecule has 1 fully saturated rings. The topological polar surface area (TPSA) is 84.7 Å². The Morgan fingerprint density at radius 2 is 1.86 bits per heavy atom. The standard InChI is InChI=1S/C18H20F2N4O4S/c1-11(2)29(26,27)22-3-4-23-15(9-22)10-28-17-16(23)8-21-24(18(17)25)14-6-12(19)5-13(20)7-14/h5-8,11,15H,3-4,9-10H2,1-2H3. The Labute approximate surface area is 166 Å². The van der Waals surface area contributed by atoms with E-state index in [0.29, 0.717) is 18.3 Å². The molecule has 1 aromatic carbocycles. The van der Waals surface area contributed by atoms with Crippen LogP contribution in [0.15, 0.2) is 29.2 Å². The SMILES string of the molecule is CC(C)S(=O)(=O)N1CCN2c3cnn(-c4cc(F)cc(F)c4)c(=O)c3OCC2C1. The smallest absolute Gasteiger partial charge is 0.316 e. The molecule has 2 aliphatic heterocycles. The zero-order valence-corrected chi connectivity index (χ0v) is 16.7. The Bertz CT molecular complexity index is 1100. The van der Waals surface area contributed by atoms with E-state index in [1.807, 2.05) is 4.90 Å². The third-order valence-electron chi connectivity index (χ3n) is 5.14. The molecule has 0 bridgehead atoms. The first kappa shape index (κ1) is 19.8. The minimum Gasteiger partial charge on any atom is -0.484 e. The molecule has 8 nitrogen and oxygen atoms in total. The molecule has 3 heterocycles. The Hall–Kier alpha value is -2.53. The number of ether oxygens (including phenoxy) is 1. The molecule has 0 aliphatic carbocycles. The lowest BCUT2D eigenvalue weighted by molar-refractivity contribution is 0.211. The largest absolute Gasteiger partial charge is 0.484 e. The molecular weight excluding hydrogens is 406 g/mol. The number of anilines is 1. The summed E-state index contributed by atoms with van der Waals surface area (Å²) in [6.45, 7) is 4.30. The second-order valence-corrected chi connectivity index (χ2v) is 9.80. The fraction of sp³-hybridized carbons (Fsp3) is 0.444. The second kappa shape index (κ2) is 7.06. The van der Waals surface area contributed by atoms with Crippen molar-refractivity contribution in [2.75, 3.05) is 31.1 Å². The Balaban J connectivity index is 1.66. The molecular formula is C18H20F2N4O4S. The highest BCUT2D eigenvalue weighted by Crippen LogP contribution is 2.33. The van der Waals surface area contributed by atoms with E-state index in [1.54, 1.807) is 13.8 Å². The molecule has 0 N–H and O–H groups in total. The van der Waals surface area contributed by atoms with E-state index in [4.69, 9.17) is 4.74 Å². The number of benzene rings is 1. The molecule has 0 spiro atoms. The van der Waals surface area contributed by atoms with Gasteiger partial charge in [-0.1, -0.05) is 0 Å². The van der Waals surface area contributed by atoms with E-state index in [0.717, 1.165) is 16.8 Å². The molecule has 1 atom stereocenters. The Morgan fingerprint density at radius 1 is 1.17 bits per heavy atom. The summed E-state index contributed by atoms with van der Waals surface area (Å²) in [7, 11) is -3.39. The lowest BCUT2D eigenvalue weighted by Gasteiger charge is -2.44. The maximum Gasteiger partial charge on any atom is 0.316 e. The molecule has 4 rings (SSSR count). The molecule has 0 amide bonds. The van der Waals surface area contributed by atoms with Crippen LogP contribution in [-0.4, -0.2) is 60.0 Å². The van der Waals surface area contributed by atoms with Gasteiger partial charge in [-0.05, 0) is 26.0 Å². The van der Waals surface area contributed by atoms with Crippen molar-refractivity contribution >= 4 is 15.7 Å². The van der Waals surface area contributed by atoms with E-state index in [1.165, 1.54) is 10.5 Å². The van der Waals surface area contributed by atoms with Crippen molar-refractivity contribution in [3.05, 3.63) is 46.4 Å². The van der Waals surface area contributed by atoms with Crippen LogP contribution >= 0.6 is 0 Å². The van der Waals surface area contributed by atoms with Gasteiger partial charge in [0.2, 0.25) is 15.8 Å². The van der Waals surface area contributed by atoms with Crippen LogP contribution < -0.4 is 15.2 Å². The predicted octanol–water partition coefficient (Wildman–Crippen LogP) is 1.13. The number of hydrogen-bond donors (Lipinski definition) is 0. The lowest BCUT2D eigenvalue weighted by atomic mass is 10.1. The fourth-order valence-corrected chi connectivity index (χ4v) is 4.92. The molecule has 2 aromatic rings. The molecule has 0 radical (unpaired) electrons. The number of sulfonamides is 1. The molecule has 156 valence electrons. The van der Waals surface area contributed by atoms with Gasteiger partial charge >= 0.3 is 5.56 Å². The number of nitrogens with zero attached hydrogens (tertiary/aromatic N) is 4. The number of rotatable bonds is 3. The number of fused-ring (bicyclic) bond motifs is 3. The second-order valence-electron chi connectivity index (χ2n) is 7.31. The number of hydrogen-bond acceptors (Lipinski definition) is 6. The first-order valence-electron chi connectivity index (χ1n) is 9.15. The third kappa shape index (κ3) is 3.38. The van der Waals surface area contributed by atoms with Gasteiger partial charge < -0.3 is 9.64 Å². The van der Waals surface area contributed by atoms with Gasteiger partial charge in [-0.25, -0.2) is 17.2 Å². The first-order chi connectivity index (χ1) is 13.7. The summed E-state index contributed by atoms with van der Waals surface area (Å²) in [6.07, 6.45) is 1.40.